The van der Waals surface area contributed by atoms with Crippen LogP contribution in [-0.2, 0) is 14.3 Å². The normalized spacial score (nSPS) is 49.5. The maximum absolute atomic E-state index is 11.4. The zero-order valence-electron chi connectivity index (χ0n) is 13.4. The molecule has 3 nitrogen and oxygen atoms in total. The Morgan fingerprint density at radius 3 is 2.60 bits per heavy atom. The molecule has 3 rings (SSSR count). The number of hydrogen-bond acceptors (Lipinski definition) is 3. The van der Waals surface area contributed by atoms with Gasteiger partial charge in [0.05, 0.1) is 11.2 Å². The zero-order valence-corrected chi connectivity index (χ0v) is 13.4. The minimum absolute atomic E-state index is 0.0302. The molecule has 1 heterocycles. The molecular formula is C17H28O3. The van der Waals surface area contributed by atoms with Gasteiger partial charge in [-0.25, -0.2) is 0 Å². The van der Waals surface area contributed by atoms with Crippen LogP contribution >= 0.6 is 0 Å². The average molecular weight is 280 g/mol. The Hall–Kier alpha value is -0.570. The van der Waals surface area contributed by atoms with Gasteiger partial charge in [0.2, 0.25) is 0 Å². The Morgan fingerprint density at radius 1 is 1.25 bits per heavy atom. The molecule has 1 saturated heterocycles. The van der Waals surface area contributed by atoms with Gasteiger partial charge in [0.1, 0.15) is 6.10 Å². The highest BCUT2D eigenvalue weighted by molar-refractivity contribution is 5.66. The molecule has 2 saturated carbocycles. The first kappa shape index (κ1) is 14.4. The third-order valence-electron chi connectivity index (χ3n) is 6.43. The standard InChI is InChI=1S/C17H28O3/c1-10-6-7-14-11(2)15(19-12(3)18)8-13-9-17(10,14)20-16(13,4)5/h10-11,13-15H,6-9H2,1-5H3/t10?,11-,13+,14-,15+,17+/m1/s1. The first-order valence-corrected chi connectivity index (χ1v) is 8.13. The monoisotopic (exact) mass is 280 g/mol. The van der Waals surface area contributed by atoms with E-state index in [0.29, 0.717) is 23.7 Å². The Labute approximate surface area is 122 Å². The van der Waals surface area contributed by atoms with E-state index in [0.717, 1.165) is 12.8 Å². The fourth-order valence-corrected chi connectivity index (χ4v) is 5.26. The fraction of sp³-hybridized carbons (Fsp3) is 0.941. The van der Waals surface area contributed by atoms with E-state index < -0.39 is 0 Å². The van der Waals surface area contributed by atoms with Crippen molar-refractivity contribution in [1.29, 1.82) is 0 Å². The van der Waals surface area contributed by atoms with E-state index in [1.807, 2.05) is 0 Å². The molecule has 1 spiro atoms. The minimum atomic E-state index is -0.140. The molecule has 0 aromatic carbocycles. The number of esters is 1. The van der Waals surface area contributed by atoms with Crippen molar-refractivity contribution in [3.8, 4) is 0 Å². The lowest BCUT2D eigenvalue weighted by Gasteiger charge is -2.42. The van der Waals surface area contributed by atoms with Crippen molar-refractivity contribution in [2.45, 2.75) is 77.6 Å². The molecule has 1 aliphatic heterocycles. The molecule has 0 aromatic heterocycles. The predicted molar refractivity (Wildman–Crippen MR) is 77.2 cm³/mol. The van der Waals surface area contributed by atoms with E-state index in [1.165, 1.54) is 19.8 Å². The average Bonchev–Trinajstić information content (AvgIpc) is 2.72. The highest BCUT2D eigenvalue weighted by atomic mass is 16.5. The minimum Gasteiger partial charge on any atom is -0.462 e. The van der Waals surface area contributed by atoms with E-state index in [1.54, 1.807) is 0 Å². The number of hydrogen-bond donors (Lipinski definition) is 0. The second-order valence-electron chi connectivity index (χ2n) is 7.89. The van der Waals surface area contributed by atoms with Crippen molar-refractivity contribution in [3.05, 3.63) is 0 Å². The van der Waals surface area contributed by atoms with Gasteiger partial charge in [-0.3, -0.25) is 4.79 Å². The summed E-state index contributed by atoms with van der Waals surface area (Å²) in [5.74, 6) is 1.92. The van der Waals surface area contributed by atoms with Crippen LogP contribution in [0.3, 0.4) is 0 Å². The van der Waals surface area contributed by atoms with Gasteiger partial charge in [0.25, 0.3) is 0 Å². The summed E-state index contributed by atoms with van der Waals surface area (Å²) in [7, 11) is 0. The van der Waals surface area contributed by atoms with Gasteiger partial charge in [0.15, 0.2) is 0 Å². The smallest absolute Gasteiger partial charge is 0.302 e. The molecule has 0 N–H and O–H groups in total. The third kappa shape index (κ3) is 1.93. The Bertz CT molecular complexity index is 416. The SMILES string of the molecule is CC(=O)O[C@H]1C[C@H]2C[C@]3(OC2(C)C)C(C)CC[C@@H]3[C@H]1C. The zero-order chi connectivity index (χ0) is 14.7. The summed E-state index contributed by atoms with van der Waals surface area (Å²) in [6.07, 6.45) is 4.62. The predicted octanol–water partition coefficient (Wildman–Crippen LogP) is 3.56. The quantitative estimate of drug-likeness (QED) is 0.689. The van der Waals surface area contributed by atoms with Gasteiger partial charge < -0.3 is 9.47 Å². The Kier molecular flexibility index (Phi) is 3.20. The van der Waals surface area contributed by atoms with Crippen LogP contribution in [0.2, 0.25) is 0 Å². The molecular weight excluding hydrogens is 252 g/mol. The maximum Gasteiger partial charge on any atom is 0.302 e. The van der Waals surface area contributed by atoms with Crippen LogP contribution in [0.1, 0.15) is 60.3 Å². The summed E-state index contributed by atoms with van der Waals surface area (Å²) >= 11 is 0. The molecule has 6 atom stereocenters. The van der Waals surface area contributed by atoms with Gasteiger partial charge >= 0.3 is 5.97 Å². The lowest BCUT2D eigenvalue weighted by molar-refractivity contribution is -0.173. The maximum atomic E-state index is 11.4. The molecule has 2 aliphatic carbocycles. The van der Waals surface area contributed by atoms with Crippen molar-refractivity contribution in [3.63, 3.8) is 0 Å². The summed E-state index contributed by atoms with van der Waals surface area (Å²) < 4.78 is 12.3. The number of carbonyl (C=O) groups is 1. The van der Waals surface area contributed by atoms with Crippen molar-refractivity contribution < 1.29 is 14.3 Å². The molecule has 114 valence electrons. The first-order chi connectivity index (χ1) is 9.26. The number of rotatable bonds is 1. The van der Waals surface area contributed by atoms with E-state index in [9.17, 15) is 4.79 Å². The molecule has 2 bridgehead atoms. The van der Waals surface area contributed by atoms with Crippen molar-refractivity contribution in [2.75, 3.05) is 0 Å². The lowest BCUT2D eigenvalue weighted by atomic mass is 9.76. The van der Waals surface area contributed by atoms with Crippen molar-refractivity contribution >= 4 is 5.97 Å². The third-order valence-corrected chi connectivity index (χ3v) is 6.43. The topological polar surface area (TPSA) is 35.5 Å². The second-order valence-corrected chi connectivity index (χ2v) is 7.89. The van der Waals surface area contributed by atoms with E-state index in [2.05, 4.69) is 27.7 Å². The molecule has 0 radical (unpaired) electrons. The van der Waals surface area contributed by atoms with E-state index >= 15 is 0 Å². The van der Waals surface area contributed by atoms with Crippen molar-refractivity contribution in [2.24, 2.45) is 23.7 Å². The van der Waals surface area contributed by atoms with Gasteiger partial charge in [0, 0.05) is 6.92 Å². The van der Waals surface area contributed by atoms with Crippen LogP contribution in [0.25, 0.3) is 0 Å². The number of fused-ring (bicyclic) bond motifs is 1. The summed E-state index contributed by atoms with van der Waals surface area (Å²) in [6.45, 7) is 10.6. The summed E-state index contributed by atoms with van der Waals surface area (Å²) in [6, 6.07) is 0. The molecule has 20 heavy (non-hydrogen) atoms. The van der Waals surface area contributed by atoms with Crippen LogP contribution < -0.4 is 0 Å². The van der Waals surface area contributed by atoms with Crippen LogP contribution in [0, 0.1) is 23.7 Å². The van der Waals surface area contributed by atoms with Crippen molar-refractivity contribution in [1.82, 2.24) is 0 Å². The van der Waals surface area contributed by atoms with Gasteiger partial charge in [-0.1, -0.05) is 13.8 Å². The van der Waals surface area contributed by atoms with Crippen LogP contribution in [0.15, 0.2) is 0 Å². The molecule has 3 heteroatoms. The largest absolute Gasteiger partial charge is 0.462 e. The number of ether oxygens (including phenoxy) is 2. The van der Waals surface area contributed by atoms with Crippen LogP contribution in [-0.4, -0.2) is 23.3 Å². The number of carbonyl (C=O) groups excluding carboxylic acids is 1. The molecule has 3 aliphatic rings. The molecule has 0 aromatic rings. The van der Waals surface area contributed by atoms with Gasteiger partial charge in [-0.15, -0.1) is 0 Å². The van der Waals surface area contributed by atoms with Gasteiger partial charge in [-0.2, -0.15) is 0 Å². The van der Waals surface area contributed by atoms with E-state index in [4.69, 9.17) is 9.47 Å². The fourth-order valence-electron chi connectivity index (χ4n) is 5.26. The Morgan fingerprint density at radius 2 is 1.95 bits per heavy atom. The molecule has 0 amide bonds. The Balaban J connectivity index is 1.96. The lowest BCUT2D eigenvalue weighted by Crippen LogP contribution is -2.47. The van der Waals surface area contributed by atoms with Gasteiger partial charge in [-0.05, 0) is 63.2 Å². The highest BCUT2D eigenvalue weighted by Gasteiger charge is 2.63. The summed E-state index contributed by atoms with van der Waals surface area (Å²) in [5.41, 5.74) is -0.0577. The molecule has 1 unspecified atom stereocenters. The van der Waals surface area contributed by atoms with E-state index in [-0.39, 0.29) is 23.3 Å². The molecule has 3 fully saturated rings. The summed E-state index contributed by atoms with van der Waals surface area (Å²) in [4.78, 5) is 11.4. The first-order valence-electron chi connectivity index (χ1n) is 8.13. The van der Waals surface area contributed by atoms with Crippen LogP contribution in [0.4, 0.5) is 0 Å². The van der Waals surface area contributed by atoms with Crippen LogP contribution in [0.5, 0.6) is 0 Å². The second kappa shape index (κ2) is 4.46. The summed E-state index contributed by atoms with van der Waals surface area (Å²) in [5, 5.41) is 0. The highest BCUT2D eigenvalue weighted by Crippen LogP contribution is 2.61.